The lowest BCUT2D eigenvalue weighted by atomic mass is 10.2. The summed E-state index contributed by atoms with van der Waals surface area (Å²) >= 11 is 5.56. The Hall–Kier alpha value is -1.69. The van der Waals surface area contributed by atoms with Crippen molar-refractivity contribution in [1.82, 2.24) is 15.0 Å². The van der Waals surface area contributed by atoms with Crippen LogP contribution in [0.5, 0.6) is 0 Å². The predicted octanol–water partition coefficient (Wildman–Crippen LogP) is 0.966. The minimum atomic E-state index is -0.892. The van der Waals surface area contributed by atoms with E-state index in [1.54, 1.807) is 6.92 Å². The minimum absolute atomic E-state index is 0.0315. The van der Waals surface area contributed by atoms with Crippen LogP contribution in [0, 0.1) is 5.82 Å². The van der Waals surface area contributed by atoms with Crippen molar-refractivity contribution in [3.05, 3.63) is 37.5 Å². The van der Waals surface area contributed by atoms with E-state index in [0.717, 1.165) is 0 Å². The molecule has 0 unspecified atom stereocenters. The molecule has 0 saturated heterocycles. The molecule has 2 rings (SSSR count). The van der Waals surface area contributed by atoms with Crippen LogP contribution in [0.2, 0.25) is 5.15 Å². The fourth-order valence-corrected chi connectivity index (χ4v) is 1.71. The lowest BCUT2D eigenvalue weighted by molar-refractivity contribution is 0.628. The summed E-state index contributed by atoms with van der Waals surface area (Å²) in [6.45, 7) is 1.75. The van der Waals surface area contributed by atoms with Crippen molar-refractivity contribution in [2.45, 2.75) is 13.3 Å². The Kier molecular flexibility index (Phi) is 2.51. The number of hydrogen-bond donors (Lipinski definition) is 2. The SMILES string of the molecule is CCc1nc(Cl)c(F)c2[nH]c(=O)[nH]c(=O)c12. The van der Waals surface area contributed by atoms with Gasteiger partial charge in [0.15, 0.2) is 11.0 Å². The van der Waals surface area contributed by atoms with Gasteiger partial charge in [-0.3, -0.25) is 9.78 Å². The highest BCUT2D eigenvalue weighted by molar-refractivity contribution is 6.30. The smallest absolute Gasteiger partial charge is 0.304 e. The monoisotopic (exact) mass is 243 g/mol. The molecule has 0 aromatic carbocycles. The highest BCUT2D eigenvalue weighted by atomic mass is 35.5. The molecule has 2 N–H and O–H groups in total. The number of aromatic nitrogens is 3. The fourth-order valence-electron chi connectivity index (χ4n) is 1.51. The second-order valence-electron chi connectivity index (χ2n) is 3.18. The second kappa shape index (κ2) is 3.71. The molecule has 0 aliphatic rings. The van der Waals surface area contributed by atoms with Gasteiger partial charge in [-0.15, -0.1) is 0 Å². The normalized spacial score (nSPS) is 10.9. The summed E-state index contributed by atoms with van der Waals surface area (Å²) in [5.74, 6) is -0.892. The molecule has 0 aliphatic heterocycles. The first kappa shape index (κ1) is 10.8. The summed E-state index contributed by atoms with van der Waals surface area (Å²) in [7, 11) is 0. The van der Waals surface area contributed by atoms with Crippen LogP contribution in [0.4, 0.5) is 4.39 Å². The Morgan fingerprint density at radius 3 is 2.69 bits per heavy atom. The topological polar surface area (TPSA) is 78.6 Å². The zero-order chi connectivity index (χ0) is 11.9. The van der Waals surface area contributed by atoms with Crippen LogP contribution in [0.25, 0.3) is 10.9 Å². The number of fused-ring (bicyclic) bond motifs is 1. The third-order valence-corrected chi connectivity index (χ3v) is 2.45. The molecule has 5 nitrogen and oxygen atoms in total. The number of nitrogens with one attached hydrogen (secondary N) is 2. The molecule has 16 heavy (non-hydrogen) atoms. The maximum absolute atomic E-state index is 13.6. The van der Waals surface area contributed by atoms with Crippen molar-refractivity contribution in [1.29, 1.82) is 0 Å². The Morgan fingerprint density at radius 1 is 1.38 bits per heavy atom. The molecule has 0 atom stereocenters. The molecule has 7 heteroatoms. The average molecular weight is 244 g/mol. The molecule has 2 aromatic heterocycles. The quantitative estimate of drug-likeness (QED) is 0.733. The number of aryl methyl sites for hydroxylation is 1. The number of aromatic amines is 2. The standard InChI is InChI=1S/C9H7ClFN3O2/c1-2-3-4-6(5(11)7(10)12-3)13-9(16)14-8(4)15/h2H2,1H3,(H2,13,14,15,16). The maximum Gasteiger partial charge on any atom is 0.326 e. The maximum atomic E-state index is 13.6. The summed E-state index contributed by atoms with van der Waals surface area (Å²) in [6.07, 6.45) is 0.408. The third kappa shape index (κ3) is 1.51. The van der Waals surface area contributed by atoms with Crippen molar-refractivity contribution >= 4 is 22.5 Å². The van der Waals surface area contributed by atoms with E-state index in [-0.39, 0.29) is 16.1 Å². The van der Waals surface area contributed by atoms with Gasteiger partial charge in [0.25, 0.3) is 5.56 Å². The van der Waals surface area contributed by atoms with Crippen molar-refractivity contribution < 1.29 is 4.39 Å². The molecule has 0 bridgehead atoms. The van der Waals surface area contributed by atoms with Gasteiger partial charge in [0.1, 0.15) is 0 Å². The van der Waals surface area contributed by atoms with Crippen LogP contribution in [0.15, 0.2) is 9.59 Å². The third-order valence-electron chi connectivity index (χ3n) is 2.20. The lowest BCUT2D eigenvalue weighted by Gasteiger charge is -2.04. The number of halogens is 2. The van der Waals surface area contributed by atoms with Crippen molar-refractivity contribution in [3.63, 3.8) is 0 Å². The van der Waals surface area contributed by atoms with Gasteiger partial charge in [-0.1, -0.05) is 18.5 Å². The highest BCUT2D eigenvalue weighted by Crippen LogP contribution is 2.20. The van der Waals surface area contributed by atoms with E-state index in [9.17, 15) is 14.0 Å². The first-order valence-corrected chi connectivity index (χ1v) is 4.92. The fraction of sp³-hybridized carbons (Fsp3) is 0.222. The second-order valence-corrected chi connectivity index (χ2v) is 3.53. The van der Waals surface area contributed by atoms with Gasteiger partial charge in [0.2, 0.25) is 0 Å². The molecule has 0 aliphatic carbocycles. The molecule has 0 spiro atoms. The Balaban J connectivity index is 3.11. The van der Waals surface area contributed by atoms with Crippen LogP contribution in [0.3, 0.4) is 0 Å². The van der Waals surface area contributed by atoms with Crippen LogP contribution in [-0.2, 0) is 6.42 Å². The van der Waals surface area contributed by atoms with E-state index >= 15 is 0 Å². The zero-order valence-electron chi connectivity index (χ0n) is 8.23. The number of rotatable bonds is 1. The summed E-state index contributed by atoms with van der Waals surface area (Å²) < 4.78 is 13.6. The zero-order valence-corrected chi connectivity index (χ0v) is 8.98. The molecule has 0 amide bonds. The molecule has 0 radical (unpaired) electrons. The Morgan fingerprint density at radius 2 is 2.06 bits per heavy atom. The van der Waals surface area contributed by atoms with E-state index in [1.165, 1.54) is 0 Å². The van der Waals surface area contributed by atoms with Gasteiger partial charge in [0.05, 0.1) is 16.6 Å². The molecule has 2 heterocycles. The van der Waals surface area contributed by atoms with Gasteiger partial charge >= 0.3 is 5.69 Å². The van der Waals surface area contributed by atoms with Gasteiger partial charge in [0, 0.05) is 0 Å². The van der Waals surface area contributed by atoms with Crippen LogP contribution >= 0.6 is 11.6 Å². The van der Waals surface area contributed by atoms with Crippen LogP contribution < -0.4 is 11.2 Å². The van der Waals surface area contributed by atoms with Crippen molar-refractivity contribution in [3.8, 4) is 0 Å². The summed E-state index contributed by atoms with van der Waals surface area (Å²) in [6, 6.07) is 0. The van der Waals surface area contributed by atoms with Gasteiger partial charge < -0.3 is 4.98 Å². The molecule has 84 valence electrons. The van der Waals surface area contributed by atoms with Crippen molar-refractivity contribution in [2.24, 2.45) is 0 Å². The minimum Gasteiger partial charge on any atom is -0.304 e. The highest BCUT2D eigenvalue weighted by Gasteiger charge is 2.15. The predicted molar refractivity (Wildman–Crippen MR) is 57.3 cm³/mol. The lowest BCUT2D eigenvalue weighted by Crippen LogP contribution is -2.24. The Bertz CT molecular complexity index is 677. The Labute approximate surface area is 93.3 Å². The van der Waals surface area contributed by atoms with Gasteiger partial charge in [-0.25, -0.2) is 14.2 Å². The van der Waals surface area contributed by atoms with Crippen LogP contribution in [0.1, 0.15) is 12.6 Å². The average Bonchev–Trinajstić information content (AvgIpc) is 2.23. The molecular formula is C9H7ClFN3O2. The van der Waals surface area contributed by atoms with E-state index in [0.29, 0.717) is 12.1 Å². The molecular weight excluding hydrogens is 237 g/mol. The number of hydrogen-bond acceptors (Lipinski definition) is 3. The summed E-state index contributed by atoms with van der Waals surface area (Å²) in [4.78, 5) is 30.5. The first-order valence-electron chi connectivity index (χ1n) is 4.54. The van der Waals surface area contributed by atoms with Gasteiger partial charge in [-0.2, -0.15) is 0 Å². The number of H-pyrrole nitrogens is 2. The van der Waals surface area contributed by atoms with E-state index in [2.05, 4.69) is 9.97 Å². The van der Waals surface area contributed by atoms with Crippen LogP contribution in [-0.4, -0.2) is 15.0 Å². The van der Waals surface area contributed by atoms with Crippen molar-refractivity contribution in [2.75, 3.05) is 0 Å². The molecule has 0 saturated carbocycles. The number of pyridine rings is 1. The van der Waals surface area contributed by atoms with Gasteiger partial charge in [-0.05, 0) is 6.42 Å². The molecule has 0 fully saturated rings. The largest absolute Gasteiger partial charge is 0.326 e. The molecule has 2 aromatic rings. The van der Waals surface area contributed by atoms with E-state index < -0.39 is 17.1 Å². The number of nitrogens with zero attached hydrogens (tertiary/aromatic N) is 1. The first-order chi connectivity index (χ1) is 7.54. The summed E-state index contributed by atoms with van der Waals surface area (Å²) in [5, 5.41) is -0.324. The summed E-state index contributed by atoms with van der Waals surface area (Å²) in [5.41, 5.74) is -1.30. The van der Waals surface area contributed by atoms with E-state index in [4.69, 9.17) is 11.6 Å². The van der Waals surface area contributed by atoms with E-state index in [1.807, 2.05) is 4.98 Å².